The lowest BCUT2D eigenvalue weighted by Crippen LogP contribution is -2.09. The normalized spacial score (nSPS) is 16.4. The van der Waals surface area contributed by atoms with Crippen molar-refractivity contribution in [3.05, 3.63) is 17.5 Å². The molecule has 2 rings (SSSR count). The van der Waals surface area contributed by atoms with E-state index in [2.05, 4.69) is 5.10 Å². The summed E-state index contributed by atoms with van der Waals surface area (Å²) in [7, 11) is -2.56. The second-order valence-corrected chi connectivity index (χ2v) is 5.73. The maximum Gasteiger partial charge on any atom is 0.333 e. The first-order valence-electron chi connectivity index (χ1n) is 4.98. The van der Waals surface area contributed by atoms with E-state index < -0.39 is 19.5 Å². The van der Waals surface area contributed by atoms with Gasteiger partial charge in [-0.15, -0.1) is 0 Å². The molecule has 0 saturated heterocycles. The van der Waals surface area contributed by atoms with Crippen molar-refractivity contribution in [2.75, 3.05) is 6.16 Å². The summed E-state index contributed by atoms with van der Waals surface area (Å²) in [4.78, 5) is 29.2. The van der Waals surface area contributed by atoms with Crippen molar-refractivity contribution in [3.63, 3.8) is 0 Å². The van der Waals surface area contributed by atoms with E-state index in [9.17, 15) is 9.36 Å². The number of ketones is 1. The van der Waals surface area contributed by atoms with E-state index in [0.29, 0.717) is 11.5 Å². The molecule has 0 unspecified atom stereocenters. The predicted octanol–water partition coefficient (Wildman–Crippen LogP) is 0.658. The van der Waals surface area contributed by atoms with E-state index in [4.69, 9.17) is 9.79 Å². The molecule has 0 aromatic carbocycles. The van der Waals surface area contributed by atoms with Crippen LogP contribution >= 0.6 is 7.60 Å². The van der Waals surface area contributed by atoms with Crippen LogP contribution in [0.2, 0.25) is 0 Å². The van der Waals surface area contributed by atoms with Crippen LogP contribution in [0.25, 0.3) is 0 Å². The molecule has 1 heterocycles. The lowest BCUT2D eigenvalue weighted by Gasteiger charge is -2.05. The van der Waals surface area contributed by atoms with E-state index in [0.717, 1.165) is 18.5 Å². The number of rotatable bonds is 4. The van der Waals surface area contributed by atoms with E-state index in [1.165, 1.54) is 6.20 Å². The summed E-state index contributed by atoms with van der Waals surface area (Å²) in [5, 5.41) is 3.97. The number of carbonyl (C=O) groups is 1. The smallest absolute Gasteiger partial charge is 0.324 e. The van der Waals surface area contributed by atoms with Crippen LogP contribution in [-0.4, -0.2) is 31.5 Å². The molecule has 0 atom stereocenters. The van der Waals surface area contributed by atoms with Gasteiger partial charge in [0.05, 0.1) is 17.5 Å². The summed E-state index contributed by atoms with van der Waals surface area (Å²) in [6.07, 6.45) is 2.68. The Morgan fingerprint density at radius 3 is 2.75 bits per heavy atom. The molecule has 6 nitrogen and oxygen atoms in total. The van der Waals surface area contributed by atoms with Gasteiger partial charge in [0, 0.05) is 13.0 Å². The second-order valence-electron chi connectivity index (χ2n) is 4.09. The molecule has 1 aromatic rings. The van der Waals surface area contributed by atoms with Gasteiger partial charge in [0.2, 0.25) is 0 Å². The van der Waals surface area contributed by atoms with Crippen LogP contribution < -0.4 is 0 Å². The average Bonchev–Trinajstić information content (AvgIpc) is 2.87. The fourth-order valence-corrected chi connectivity index (χ4v) is 2.32. The Bertz CT molecular complexity index is 472. The number of nitrogens with zero attached hydrogens (tertiary/aromatic N) is 2. The second kappa shape index (κ2) is 3.80. The molecule has 0 spiro atoms. The van der Waals surface area contributed by atoms with Crippen molar-refractivity contribution >= 4 is 13.4 Å². The third-order valence-corrected chi connectivity index (χ3v) is 3.30. The Morgan fingerprint density at radius 2 is 2.25 bits per heavy atom. The standard InChI is InChI=1S/C9H13N2O4P/c1-11-9(6-2-3-6)7(4-10-11)8(12)5-16(13,14)15/h4,6H,2-3,5H2,1H3,(H2,13,14,15). The molecule has 16 heavy (non-hydrogen) atoms. The Labute approximate surface area is 92.4 Å². The number of aryl methyl sites for hydroxylation is 1. The Balaban J connectivity index is 2.26. The van der Waals surface area contributed by atoms with Crippen molar-refractivity contribution in [3.8, 4) is 0 Å². The summed E-state index contributed by atoms with van der Waals surface area (Å²) in [5.74, 6) is -0.202. The molecular weight excluding hydrogens is 231 g/mol. The van der Waals surface area contributed by atoms with E-state index in [1.54, 1.807) is 11.7 Å². The monoisotopic (exact) mass is 244 g/mol. The zero-order chi connectivity index (χ0) is 11.9. The summed E-state index contributed by atoms with van der Waals surface area (Å²) in [6, 6.07) is 0. The van der Waals surface area contributed by atoms with Crippen molar-refractivity contribution in [1.29, 1.82) is 0 Å². The van der Waals surface area contributed by atoms with E-state index >= 15 is 0 Å². The number of carbonyl (C=O) groups excluding carboxylic acids is 1. The Kier molecular flexibility index (Phi) is 2.74. The van der Waals surface area contributed by atoms with Gasteiger partial charge in [-0.25, -0.2) is 0 Å². The van der Waals surface area contributed by atoms with Gasteiger partial charge in [0.1, 0.15) is 6.16 Å². The minimum absolute atomic E-state index is 0.322. The SMILES string of the molecule is Cn1ncc(C(=O)CP(=O)(O)O)c1C1CC1. The summed E-state index contributed by atoms with van der Waals surface area (Å²) in [5.41, 5.74) is 1.16. The van der Waals surface area contributed by atoms with Crippen LogP contribution in [-0.2, 0) is 11.6 Å². The average molecular weight is 244 g/mol. The van der Waals surface area contributed by atoms with Crippen molar-refractivity contribution in [1.82, 2.24) is 9.78 Å². The Hall–Kier alpha value is -0.970. The first-order chi connectivity index (χ1) is 7.38. The molecule has 1 aliphatic rings. The molecule has 1 aliphatic carbocycles. The fraction of sp³-hybridized carbons (Fsp3) is 0.556. The molecule has 1 fully saturated rings. The molecule has 1 aromatic heterocycles. The van der Waals surface area contributed by atoms with Gasteiger partial charge in [-0.1, -0.05) is 0 Å². The van der Waals surface area contributed by atoms with Crippen molar-refractivity contribution < 1.29 is 19.1 Å². The number of Topliss-reactive ketones (excluding diaryl/α,β-unsaturated/α-hetero) is 1. The first kappa shape index (κ1) is 11.5. The molecule has 88 valence electrons. The molecular formula is C9H13N2O4P. The molecule has 0 amide bonds. The zero-order valence-electron chi connectivity index (χ0n) is 8.83. The molecule has 0 bridgehead atoms. The van der Waals surface area contributed by atoms with Gasteiger partial charge in [0.15, 0.2) is 5.78 Å². The molecule has 1 saturated carbocycles. The number of hydrogen-bond acceptors (Lipinski definition) is 3. The van der Waals surface area contributed by atoms with Gasteiger partial charge in [-0.3, -0.25) is 14.0 Å². The van der Waals surface area contributed by atoms with Gasteiger partial charge in [-0.05, 0) is 12.8 Å². The van der Waals surface area contributed by atoms with Crippen LogP contribution in [0.5, 0.6) is 0 Å². The van der Waals surface area contributed by atoms with Crippen LogP contribution in [0.4, 0.5) is 0 Å². The summed E-state index contributed by atoms with van der Waals surface area (Å²) in [6.45, 7) is 0. The molecule has 2 N–H and O–H groups in total. The summed E-state index contributed by atoms with van der Waals surface area (Å²) >= 11 is 0. The van der Waals surface area contributed by atoms with E-state index in [-0.39, 0.29) is 0 Å². The Morgan fingerprint density at radius 1 is 1.62 bits per heavy atom. The number of hydrogen-bond donors (Lipinski definition) is 2. The van der Waals surface area contributed by atoms with Gasteiger partial charge in [-0.2, -0.15) is 5.10 Å². The van der Waals surface area contributed by atoms with Gasteiger partial charge < -0.3 is 9.79 Å². The topological polar surface area (TPSA) is 92.4 Å². The van der Waals surface area contributed by atoms with Crippen molar-refractivity contribution in [2.45, 2.75) is 18.8 Å². The molecule has 7 heteroatoms. The highest BCUT2D eigenvalue weighted by Crippen LogP contribution is 2.42. The highest BCUT2D eigenvalue weighted by atomic mass is 31.2. The van der Waals surface area contributed by atoms with Crippen LogP contribution in [0.3, 0.4) is 0 Å². The minimum Gasteiger partial charge on any atom is -0.324 e. The lowest BCUT2D eigenvalue weighted by molar-refractivity contribution is 0.101. The van der Waals surface area contributed by atoms with Gasteiger partial charge >= 0.3 is 7.60 Å². The minimum atomic E-state index is -4.29. The van der Waals surface area contributed by atoms with Crippen LogP contribution in [0.1, 0.15) is 34.8 Å². The highest BCUT2D eigenvalue weighted by molar-refractivity contribution is 7.52. The fourth-order valence-electron chi connectivity index (χ4n) is 1.77. The predicted molar refractivity (Wildman–Crippen MR) is 56.4 cm³/mol. The van der Waals surface area contributed by atoms with Crippen molar-refractivity contribution in [2.24, 2.45) is 7.05 Å². The highest BCUT2D eigenvalue weighted by Gasteiger charge is 2.33. The third-order valence-electron chi connectivity index (χ3n) is 2.60. The van der Waals surface area contributed by atoms with E-state index in [1.807, 2.05) is 0 Å². The number of aromatic nitrogens is 2. The molecule has 0 radical (unpaired) electrons. The largest absolute Gasteiger partial charge is 0.333 e. The third kappa shape index (κ3) is 2.40. The quantitative estimate of drug-likeness (QED) is 0.599. The first-order valence-corrected chi connectivity index (χ1v) is 6.78. The van der Waals surface area contributed by atoms with Crippen LogP contribution in [0.15, 0.2) is 6.20 Å². The summed E-state index contributed by atoms with van der Waals surface area (Å²) < 4.78 is 12.4. The zero-order valence-corrected chi connectivity index (χ0v) is 9.72. The van der Waals surface area contributed by atoms with Gasteiger partial charge in [0.25, 0.3) is 0 Å². The lowest BCUT2D eigenvalue weighted by atomic mass is 10.1. The maximum atomic E-state index is 11.7. The molecule has 0 aliphatic heterocycles. The maximum absolute atomic E-state index is 11.7. The van der Waals surface area contributed by atoms with Crippen LogP contribution in [0, 0.1) is 0 Å².